The fourth-order valence-electron chi connectivity index (χ4n) is 0.906. The Hall–Kier alpha value is -2.09. The molecule has 1 aromatic heterocycles. The van der Waals surface area contributed by atoms with E-state index >= 15 is 0 Å². The highest BCUT2D eigenvalue weighted by Crippen LogP contribution is 1.96. The van der Waals surface area contributed by atoms with Crippen LogP contribution >= 0.6 is 0 Å². The number of nitrogens with zero attached hydrogens (tertiary/aromatic N) is 3. The average molecular weight is 273 g/mol. The van der Waals surface area contributed by atoms with Crippen LogP contribution in [-0.2, 0) is 9.59 Å². The van der Waals surface area contributed by atoms with E-state index in [1.54, 1.807) is 12.4 Å². The van der Waals surface area contributed by atoms with Gasteiger partial charge in [0.05, 0.1) is 12.4 Å². The van der Waals surface area contributed by atoms with Crippen molar-refractivity contribution in [2.24, 2.45) is 0 Å². The molecule has 8 nitrogen and oxygen atoms in total. The lowest BCUT2D eigenvalue weighted by Crippen LogP contribution is -2.27. The lowest BCUT2D eigenvalue weighted by Gasteiger charge is -2.19. The third kappa shape index (κ3) is 8.61. The van der Waals surface area contributed by atoms with Crippen molar-refractivity contribution in [2.75, 3.05) is 20.7 Å². The van der Waals surface area contributed by atoms with Crippen LogP contribution in [0, 0.1) is 0 Å². The van der Waals surface area contributed by atoms with Crippen LogP contribution in [0.5, 0.6) is 0 Å². The SMILES string of the molecule is CC(CCOn1cccn1)N(C)C.O=C(O)C(=O)O. The number of carboxylic acid groups (broad SMARTS) is 2. The van der Waals surface area contributed by atoms with E-state index in [2.05, 4.69) is 31.0 Å². The summed E-state index contributed by atoms with van der Waals surface area (Å²) in [6.07, 6.45) is 4.50. The molecule has 0 bridgehead atoms. The zero-order chi connectivity index (χ0) is 14.8. The Balaban J connectivity index is 0.000000459. The van der Waals surface area contributed by atoms with Crippen molar-refractivity contribution in [1.29, 1.82) is 0 Å². The molecule has 1 aromatic rings. The van der Waals surface area contributed by atoms with Gasteiger partial charge in [0, 0.05) is 6.04 Å². The van der Waals surface area contributed by atoms with Gasteiger partial charge in [0.15, 0.2) is 0 Å². The van der Waals surface area contributed by atoms with Crippen LogP contribution in [0.2, 0.25) is 0 Å². The Bertz CT molecular complexity index is 366. The number of carbonyl (C=O) groups is 2. The first-order valence-electron chi connectivity index (χ1n) is 5.60. The van der Waals surface area contributed by atoms with E-state index in [-0.39, 0.29) is 0 Å². The minimum absolute atomic E-state index is 0.538. The number of hydrogen-bond acceptors (Lipinski definition) is 5. The molecule has 0 saturated heterocycles. The molecule has 0 spiro atoms. The highest BCUT2D eigenvalue weighted by atomic mass is 16.7. The summed E-state index contributed by atoms with van der Waals surface area (Å²) in [5.74, 6) is -3.65. The van der Waals surface area contributed by atoms with Gasteiger partial charge in [-0.3, -0.25) is 0 Å². The highest BCUT2D eigenvalue weighted by Gasteiger charge is 2.04. The molecule has 2 N–H and O–H groups in total. The quantitative estimate of drug-likeness (QED) is 0.716. The summed E-state index contributed by atoms with van der Waals surface area (Å²) in [7, 11) is 4.14. The van der Waals surface area contributed by atoms with Crippen LogP contribution in [0.25, 0.3) is 0 Å². The second-order valence-corrected chi connectivity index (χ2v) is 3.95. The Morgan fingerprint density at radius 3 is 2.32 bits per heavy atom. The zero-order valence-electron chi connectivity index (χ0n) is 11.2. The van der Waals surface area contributed by atoms with Crippen molar-refractivity contribution in [3.8, 4) is 0 Å². The third-order valence-electron chi connectivity index (χ3n) is 2.30. The Labute approximate surface area is 111 Å². The molecule has 0 aromatic carbocycles. The van der Waals surface area contributed by atoms with Crippen molar-refractivity contribution >= 4 is 11.9 Å². The van der Waals surface area contributed by atoms with Crippen LogP contribution in [-0.4, -0.2) is 63.7 Å². The standard InChI is InChI=1S/C9H17N3O.C2H2O4/c1-9(11(2)3)5-8-13-12-7-4-6-10-12;3-1(4)2(5)6/h4,6-7,9H,5,8H2,1-3H3;(H,3,4)(H,5,6). The van der Waals surface area contributed by atoms with Crippen LogP contribution in [0.4, 0.5) is 0 Å². The van der Waals surface area contributed by atoms with Gasteiger partial charge in [0.25, 0.3) is 0 Å². The molecule has 0 radical (unpaired) electrons. The maximum absolute atomic E-state index is 9.10. The first-order chi connectivity index (χ1) is 8.84. The number of aliphatic carboxylic acids is 2. The van der Waals surface area contributed by atoms with Crippen LogP contribution < -0.4 is 4.84 Å². The zero-order valence-corrected chi connectivity index (χ0v) is 11.2. The first-order valence-corrected chi connectivity index (χ1v) is 5.60. The predicted molar refractivity (Wildman–Crippen MR) is 66.7 cm³/mol. The minimum atomic E-state index is -1.82. The van der Waals surface area contributed by atoms with Crippen LogP contribution in [0.3, 0.4) is 0 Å². The van der Waals surface area contributed by atoms with E-state index in [0.29, 0.717) is 12.6 Å². The van der Waals surface area contributed by atoms with E-state index in [4.69, 9.17) is 24.6 Å². The van der Waals surface area contributed by atoms with Gasteiger partial charge in [0.2, 0.25) is 0 Å². The molecule has 0 aliphatic rings. The van der Waals surface area contributed by atoms with Gasteiger partial charge in [-0.1, -0.05) is 0 Å². The van der Waals surface area contributed by atoms with Crippen molar-refractivity contribution in [1.82, 2.24) is 14.8 Å². The summed E-state index contributed by atoms with van der Waals surface area (Å²) < 4.78 is 0. The predicted octanol–water partition coefficient (Wildman–Crippen LogP) is -0.192. The third-order valence-corrected chi connectivity index (χ3v) is 2.30. The van der Waals surface area contributed by atoms with Gasteiger partial charge < -0.3 is 20.0 Å². The fraction of sp³-hybridized carbons (Fsp3) is 0.545. The van der Waals surface area contributed by atoms with Crippen molar-refractivity contribution < 1.29 is 24.6 Å². The van der Waals surface area contributed by atoms with Gasteiger partial charge in [0.1, 0.15) is 6.61 Å². The van der Waals surface area contributed by atoms with Gasteiger partial charge in [-0.2, -0.15) is 0 Å². The molecule has 19 heavy (non-hydrogen) atoms. The summed E-state index contributed by atoms with van der Waals surface area (Å²) in [6.45, 7) is 2.87. The fourth-order valence-corrected chi connectivity index (χ4v) is 0.906. The molecule has 0 aliphatic carbocycles. The molecule has 1 heterocycles. The van der Waals surface area contributed by atoms with Gasteiger partial charge >= 0.3 is 11.9 Å². The van der Waals surface area contributed by atoms with Crippen LogP contribution in [0.1, 0.15) is 13.3 Å². The smallest absolute Gasteiger partial charge is 0.414 e. The molecule has 1 unspecified atom stereocenters. The van der Waals surface area contributed by atoms with Crippen molar-refractivity contribution in [2.45, 2.75) is 19.4 Å². The molecule has 8 heteroatoms. The largest absolute Gasteiger partial charge is 0.473 e. The number of carboxylic acids is 2. The molecule has 108 valence electrons. The molecular weight excluding hydrogens is 254 g/mol. The second kappa shape index (κ2) is 8.92. The first kappa shape index (κ1) is 16.9. The monoisotopic (exact) mass is 273 g/mol. The summed E-state index contributed by atoms with van der Waals surface area (Å²) >= 11 is 0. The average Bonchev–Trinajstić information content (AvgIpc) is 2.82. The maximum Gasteiger partial charge on any atom is 0.414 e. The molecule has 0 aliphatic heterocycles. The van der Waals surface area contributed by atoms with Gasteiger partial charge in [-0.25, -0.2) is 9.59 Å². The molecule has 0 fully saturated rings. The van der Waals surface area contributed by atoms with Crippen molar-refractivity contribution in [3.63, 3.8) is 0 Å². The number of hydrogen-bond donors (Lipinski definition) is 2. The molecule has 1 rings (SSSR count). The minimum Gasteiger partial charge on any atom is -0.473 e. The molecule has 0 amide bonds. The molecular formula is C11H19N3O5. The van der Waals surface area contributed by atoms with E-state index < -0.39 is 11.9 Å². The lowest BCUT2D eigenvalue weighted by molar-refractivity contribution is -0.159. The van der Waals surface area contributed by atoms with Gasteiger partial charge in [-0.15, -0.1) is 9.94 Å². The van der Waals surface area contributed by atoms with Crippen molar-refractivity contribution in [3.05, 3.63) is 18.5 Å². The summed E-state index contributed by atoms with van der Waals surface area (Å²) in [4.78, 5) is 27.2. The lowest BCUT2D eigenvalue weighted by atomic mass is 10.2. The summed E-state index contributed by atoms with van der Waals surface area (Å²) in [5, 5.41) is 18.7. The van der Waals surface area contributed by atoms with E-state index in [1.807, 2.05) is 6.07 Å². The van der Waals surface area contributed by atoms with Gasteiger partial charge in [-0.05, 0) is 33.5 Å². The summed E-state index contributed by atoms with van der Waals surface area (Å²) in [6, 6.07) is 2.38. The van der Waals surface area contributed by atoms with E-state index in [0.717, 1.165) is 6.42 Å². The second-order valence-electron chi connectivity index (χ2n) is 3.95. The Morgan fingerprint density at radius 2 is 1.95 bits per heavy atom. The number of rotatable bonds is 5. The summed E-state index contributed by atoms with van der Waals surface area (Å²) in [5.41, 5.74) is 0. The molecule has 1 atom stereocenters. The Morgan fingerprint density at radius 1 is 1.37 bits per heavy atom. The topological polar surface area (TPSA) is 105 Å². The maximum atomic E-state index is 9.10. The highest BCUT2D eigenvalue weighted by molar-refractivity contribution is 6.27. The van der Waals surface area contributed by atoms with E-state index in [1.165, 1.54) is 4.85 Å². The Kier molecular flexibility index (Phi) is 7.94. The van der Waals surface area contributed by atoms with Crippen LogP contribution in [0.15, 0.2) is 18.5 Å². The normalized spacial score (nSPS) is 11.4. The van der Waals surface area contributed by atoms with E-state index in [9.17, 15) is 0 Å². The molecule has 0 saturated carbocycles. The number of aromatic nitrogens is 2.